The van der Waals surface area contributed by atoms with Crippen LogP contribution in [0.5, 0.6) is 5.75 Å². The lowest BCUT2D eigenvalue weighted by Crippen LogP contribution is -2.28. The van der Waals surface area contributed by atoms with Crippen molar-refractivity contribution in [1.82, 2.24) is 10.3 Å². The Kier molecular flexibility index (Phi) is 5.17. The van der Waals surface area contributed by atoms with Gasteiger partial charge in [0.25, 0.3) is 5.91 Å². The van der Waals surface area contributed by atoms with E-state index in [1.807, 2.05) is 0 Å². The minimum Gasteiger partial charge on any atom is -0.473 e. The first-order valence-corrected chi connectivity index (χ1v) is 7.60. The third-order valence-electron chi connectivity index (χ3n) is 3.48. The van der Waals surface area contributed by atoms with Gasteiger partial charge < -0.3 is 10.1 Å². The number of rotatable bonds is 5. The molecule has 3 rings (SSSR count). The van der Waals surface area contributed by atoms with Crippen molar-refractivity contribution in [3.8, 4) is 16.9 Å². The van der Waals surface area contributed by atoms with Crippen LogP contribution in [0.1, 0.15) is 10.5 Å². The average molecular weight is 358 g/mol. The number of hydrogen-bond donors (Lipinski definition) is 1. The number of nitrogens with one attached hydrogen (secondary N) is 1. The van der Waals surface area contributed by atoms with E-state index in [0.717, 1.165) is 23.8 Å². The topological polar surface area (TPSA) is 51.2 Å². The zero-order valence-electron chi connectivity index (χ0n) is 13.4. The fourth-order valence-corrected chi connectivity index (χ4v) is 2.26. The molecule has 0 unspecified atom stereocenters. The van der Waals surface area contributed by atoms with Crippen molar-refractivity contribution in [3.63, 3.8) is 0 Å². The number of amides is 1. The van der Waals surface area contributed by atoms with E-state index >= 15 is 0 Å². The van der Waals surface area contributed by atoms with Gasteiger partial charge in [0.1, 0.15) is 28.9 Å². The van der Waals surface area contributed by atoms with Gasteiger partial charge in [-0.25, -0.2) is 13.2 Å². The Morgan fingerprint density at radius 3 is 2.27 bits per heavy atom. The van der Waals surface area contributed by atoms with Gasteiger partial charge in [-0.15, -0.1) is 0 Å². The molecule has 132 valence electrons. The van der Waals surface area contributed by atoms with Crippen molar-refractivity contribution in [2.45, 2.75) is 0 Å². The molecule has 1 heterocycles. The summed E-state index contributed by atoms with van der Waals surface area (Å²) < 4.78 is 44.2. The number of carbonyl (C=O) groups excluding carboxylic acids is 1. The van der Waals surface area contributed by atoms with E-state index in [1.54, 1.807) is 24.3 Å². The van der Waals surface area contributed by atoms with Gasteiger partial charge >= 0.3 is 0 Å². The molecule has 1 N–H and O–H groups in total. The minimum atomic E-state index is -0.778. The zero-order chi connectivity index (χ0) is 18.5. The third-order valence-corrected chi connectivity index (χ3v) is 3.48. The van der Waals surface area contributed by atoms with Crippen molar-refractivity contribution in [2.24, 2.45) is 0 Å². The van der Waals surface area contributed by atoms with Crippen LogP contribution in [0.4, 0.5) is 13.2 Å². The van der Waals surface area contributed by atoms with E-state index in [0.29, 0.717) is 5.56 Å². The molecule has 0 spiro atoms. The van der Waals surface area contributed by atoms with Gasteiger partial charge in [0.15, 0.2) is 6.73 Å². The fraction of sp³-hybridized carbons (Fsp3) is 0.0526. The molecule has 0 radical (unpaired) electrons. The molecule has 0 saturated carbocycles. The molecular weight excluding hydrogens is 345 g/mol. The summed E-state index contributed by atoms with van der Waals surface area (Å²) in [6.45, 7) is -0.288. The smallest absolute Gasteiger partial charge is 0.272 e. The lowest BCUT2D eigenvalue weighted by atomic mass is 10.1. The highest BCUT2D eigenvalue weighted by Crippen LogP contribution is 2.20. The molecule has 0 aliphatic rings. The quantitative estimate of drug-likeness (QED) is 0.703. The number of aromatic nitrogens is 1. The van der Waals surface area contributed by atoms with Crippen molar-refractivity contribution < 1.29 is 22.7 Å². The first-order chi connectivity index (χ1) is 12.5. The van der Waals surface area contributed by atoms with Crippen LogP contribution in [0.3, 0.4) is 0 Å². The molecule has 0 atom stereocenters. The van der Waals surface area contributed by atoms with E-state index in [2.05, 4.69) is 10.3 Å². The van der Waals surface area contributed by atoms with Gasteiger partial charge in [-0.1, -0.05) is 12.1 Å². The Hall–Kier alpha value is -3.35. The lowest BCUT2D eigenvalue weighted by Gasteiger charge is -2.09. The normalized spacial score (nSPS) is 10.4. The Morgan fingerprint density at radius 1 is 0.885 bits per heavy atom. The molecule has 3 aromatic rings. The van der Waals surface area contributed by atoms with Gasteiger partial charge in [0, 0.05) is 24.4 Å². The summed E-state index contributed by atoms with van der Waals surface area (Å²) in [7, 11) is 0. The number of pyridine rings is 1. The maximum Gasteiger partial charge on any atom is 0.272 e. The largest absolute Gasteiger partial charge is 0.473 e. The van der Waals surface area contributed by atoms with Crippen molar-refractivity contribution in [1.29, 1.82) is 0 Å². The van der Waals surface area contributed by atoms with E-state index < -0.39 is 17.5 Å². The molecule has 4 nitrogen and oxygen atoms in total. The second-order valence-corrected chi connectivity index (χ2v) is 5.34. The highest BCUT2D eigenvalue weighted by Gasteiger charge is 2.09. The van der Waals surface area contributed by atoms with Crippen LogP contribution in [-0.2, 0) is 0 Å². The first kappa shape index (κ1) is 17.5. The van der Waals surface area contributed by atoms with Crippen LogP contribution in [0.25, 0.3) is 11.1 Å². The Labute approximate surface area is 147 Å². The summed E-state index contributed by atoms with van der Waals surface area (Å²) in [6, 6.07) is 11.8. The number of nitrogens with zero attached hydrogens (tertiary/aromatic N) is 1. The van der Waals surface area contributed by atoms with E-state index in [1.165, 1.54) is 18.3 Å². The minimum absolute atomic E-state index is 0.0455. The fourth-order valence-electron chi connectivity index (χ4n) is 2.26. The Bertz CT molecular complexity index is 910. The molecule has 2 aromatic carbocycles. The monoisotopic (exact) mass is 358 g/mol. The molecule has 7 heteroatoms. The van der Waals surface area contributed by atoms with Crippen LogP contribution >= 0.6 is 0 Å². The molecule has 1 amide bonds. The number of halogens is 3. The molecule has 0 aliphatic carbocycles. The molecular formula is C19H13F3N2O2. The summed E-state index contributed by atoms with van der Waals surface area (Å²) in [5.74, 6) is -2.48. The maximum atomic E-state index is 13.1. The summed E-state index contributed by atoms with van der Waals surface area (Å²) in [5.41, 5.74) is 1.55. The predicted octanol–water partition coefficient (Wildman–Crippen LogP) is 3.93. The standard InChI is InChI=1S/C19H13F3N2O2/c20-14-3-1-12(2-4-14)13-5-6-23-18(7-13)19(25)24-11-26-17-9-15(21)8-16(22)10-17/h1-10H,11H2,(H,24,25). The van der Waals surface area contributed by atoms with Gasteiger partial charge in [-0.2, -0.15) is 0 Å². The van der Waals surface area contributed by atoms with Crippen LogP contribution in [0.2, 0.25) is 0 Å². The second kappa shape index (κ2) is 7.69. The average Bonchev–Trinajstić information content (AvgIpc) is 2.61. The van der Waals surface area contributed by atoms with Gasteiger partial charge in [-0.3, -0.25) is 9.78 Å². The van der Waals surface area contributed by atoms with Crippen molar-refractivity contribution >= 4 is 5.91 Å². The zero-order valence-corrected chi connectivity index (χ0v) is 13.4. The summed E-state index contributed by atoms with van der Waals surface area (Å²) in [4.78, 5) is 16.1. The lowest BCUT2D eigenvalue weighted by molar-refractivity contribution is 0.0914. The summed E-state index contributed by atoms with van der Waals surface area (Å²) in [5, 5.41) is 2.45. The van der Waals surface area contributed by atoms with Crippen molar-refractivity contribution in [3.05, 3.63) is 83.9 Å². The van der Waals surface area contributed by atoms with Crippen LogP contribution in [0.15, 0.2) is 60.8 Å². The van der Waals surface area contributed by atoms with E-state index in [-0.39, 0.29) is 24.0 Å². The number of ether oxygens (including phenoxy) is 1. The van der Waals surface area contributed by atoms with Gasteiger partial charge in [0.05, 0.1) is 0 Å². The van der Waals surface area contributed by atoms with E-state index in [9.17, 15) is 18.0 Å². The van der Waals surface area contributed by atoms with Crippen LogP contribution in [-0.4, -0.2) is 17.6 Å². The molecule has 0 fully saturated rings. The molecule has 0 saturated heterocycles. The van der Waals surface area contributed by atoms with Crippen LogP contribution in [0, 0.1) is 17.5 Å². The summed E-state index contributed by atoms with van der Waals surface area (Å²) >= 11 is 0. The number of benzene rings is 2. The van der Waals surface area contributed by atoms with Crippen molar-refractivity contribution in [2.75, 3.05) is 6.73 Å². The predicted molar refractivity (Wildman–Crippen MR) is 89.0 cm³/mol. The molecule has 26 heavy (non-hydrogen) atoms. The third kappa shape index (κ3) is 4.38. The number of carbonyl (C=O) groups is 1. The molecule has 0 aliphatic heterocycles. The highest BCUT2D eigenvalue weighted by molar-refractivity contribution is 5.93. The maximum absolute atomic E-state index is 13.1. The van der Waals surface area contributed by atoms with Gasteiger partial charge in [-0.05, 0) is 35.4 Å². The Balaban J connectivity index is 1.64. The first-order valence-electron chi connectivity index (χ1n) is 7.60. The molecule has 0 bridgehead atoms. The second-order valence-electron chi connectivity index (χ2n) is 5.34. The van der Waals surface area contributed by atoms with Crippen LogP contribution < -0.4 is 10.1 Å². The SMILES string of the molecule is O=C(NCOc1cc(F)cc(F)c1)c1cc(-c2ccc(F)cc2)ccn1. The van der Waals surface area contributed by atoms with E-state index in [4.69, 9.17) is 4.74 Å². The number of hydrogen-bond acceptors (Lipinski definition) is 3. The Morgan fingerprint density at radius 2 is 1.58 bits per heavy atom. The van der Waals surface area contributed by atoms with Gasteiger partial charge in [0.2, 0.25) is 0 Å². The highest BCUT2D eigenvalue weighted by atomic mass is 19.1. The molecule has 1 aromatic heterocycles. The summed E-state index contributed by atoms with van der Waals surface area (Å²) in [6.07, 6.45) is 1.45.